The fourth-order valence-electron chi connectivity index (χ4n) is 2.29. The molecule has 0 aliphatic heterocycles. The van der Waals surface area contributed by atoms with Gasteiger partial charge >= 0.3 is 0 Å². The highest BCUT2D eigenvalue weighted by Gasteiger charge is 2.14. The van der Waals surface area contributed by atoms with Gasteiger partial charge in [0.15, 0.2) is 0 Å². The molecule has 0 saturated carbocycles. The highest BCUT2D eigenvalue weighted by molar-refractivity contribution is 6.30. The molecule has 0 aromatic heterocycles. The van der Waals surface area contributed by atoms with Gasteiger partial charge in [-0.2, -0.15) is 0 Å². The molecule has 0 saturated heterocycles. The molecule has 3 N–H and O–H groups in total. The molecule has 0 aliphatic carbocycles. The van der Waals surface area contributed by atoms with E-state index >= 15 is 0 Å². The Hall–Kier alpha value is -1.42. The van der Waals surface area contributed by atoms with E-state index in [1.807, 2.05) is 12.1 Å². The summed E-state index contributed by atoms with van der Waals surface area (Å²) in [6, 6.07) is 12.7. The third-order valence-corrected chi connectivity index (χ3v) is 3.57. The van der Waals surface area contributed by atoms with E-state index in [0.29, 0.717) is 0 Å². The largest absolute Gasteiger partial charge is 0.271 e. The summed E-state index contributed by atoms with van der Waals surface area (Å²) in [5.41, 5.74) is 5.76. The Morgan fingerprint density at radius 3 is 2.60 bits per heavy atom. The fraction of sp³-hybridized carbons (Fsp3) is 0.250. The zero-order chi connectivity index (χ0) is 14.5. The Morgan fingerprint density at radius 1 is 1.20 bits per heavy atom. The molecule has 0 radical (unpaired) electrons. The first-order valence-corrected chi connectivity index (χ1v) is 7.03. The Morgan fingerprint density at radius 2 is 1.95 bits per heavy atom. The second kappa shape index (κ2) is 6.84. The van der Waals surface area contributed by atoms with Crippen molar-refractivity contribution in [1.29, 1.82) is 0 Å². The minimum atomic E-state index is -0.436. The predicted octanol–water partition coefficient (Wildman–Crippen LogP) is 3.98. The molecular formula is C16H18ClFN2. The van der Waals surface area contributed by atoms with Gasteiger partial charge in [-0.1, -0.05) is 55.3 Å². The normalized spacial score (nSPS) is 12.4. The molecule has 2 nitrogen and oxygen atoms in total. The Bertz CT molecular complexity index is 586. The van der Waals surface area contributed by atoms with Crippen LogP contribution in [-0.2, 0) is 6.42 Å². The molecular weight excluding hydrogens is 275 g/mol. The average molecular weight is 293 g/mol. The van der Waals surface area contributed by atoms with Crippen LogP contribution in [0, 0.1) is 5.82 Å². The van der Waals surface area contributed by atoms with E-state index in [2.05, 4.69) is 24.5 Å². The molecule has 4 heteroatoms. The number of hydrazine groups is 1. The summed E-state index contributed by atoms with van der Waals surface area (Å²) < 4.78 is 13.6. The molecule has 0 heterocycles. The minimum absolute atomic E-state index is 0.115. The molecule has 0 aliphatic rings. The standard InChI is InChI=1S/C16H18ClFN2/c1-2-4-11-5-3-6-12(9-11)16(20-19)13-7-8-14(17)15(18)10-13/h3,5-10,16,20H,2,4,19H2,1H3. The van der Waals surface area contributed by atoms with Crippen LogP contribution in [0.2, 0.25) is 5.02 Å². The van der Waals surface area contributed by atoms with E-state index in [1.54, 1.807) is 12.1 Å². The van der Waals surface area contributed by atoms with Crippen molar-refractivity contribution in [2.45, 2.75) is 25.8 Å². The summed E-state index contributed by atoms with van der Waals surface area (Å²) >= 11 is 5.71. The number of hydrogen-bond donors (Lipinski definition) is 2. The molecule has 106 valence electrons. The van der Waals surface area contributed by atoms with Crippen LogP contribution in [0.1, 0.15) is 36.1 Å². The first kappa shape index (κ1) is 15.0. The van der Waals surface area contributed by atoms with Gasteiger partial charge in [0.25, 0.3) is 0 Å². The van der Waals surface area contributed by atoms with Crippen molar-refractivity contribution < 1.29 is 4.39 Å². The van der Waals surface area contributed by atoms with Crippen LogP contribution in [0.5, 0.6) is 0 Å². The summed E-state index contributed by atoms with van der Waals surface area (Å²) in [5.74, 6) is 5.21. The first-order chi connectivity index (χ1) is 9.65. The van der Waals surface area contributed by atoms with Crippen molar-refractivity contribution in [3.05, 3.63) is 70.0 Å². The van der Waals surface area contributed by atoms with Crippen LogP contribution in [0.25, 0.3) is 0 Å². The quantitative estimate of drug-likeness (QED) is 0.646. The summed E-state index contributed by atoms with van der Waals surface area (Å²) in [7, 11) is 0. The number of hydrogen-bond acceptors (Lipinski definition) is 2. The number of rotatable bonds is 5. The van der Waals surface area contributed by atoms with Crippen molar-refractivity contribution in [2.24, 2.45) is 5.84 Å². The summed E-state index contributed by atoms with van der Waals surface area (Å²) in [5, 5.41) is 0.115. The lowest BCUT2D eigenvalue weighted by Crippen LogP contribution is -2.29. The SMILES string of the molecule is CCCc1cccc(C(NN)c2ccc(Cl)c(F)c2)c1. The summed E-state index contributed by atoms with van der Waals surface area (Å²) in [6.45, 7) is 2.14. The lowest BCUT2D eigenvalue weighted by Gasteiger charge is -2.18. The summed E-state index contributed by atoms with van der Waals surface area (Å²) in [4.78, 5) is 0. The van der Waals surface area contributed by atoms with Gasteiger partial charge in [0.1, 0.15) is 5.82 Å². The van der Waals surface area contributed by atoms with Gasteiger partial charge in [-0.25, -0.2) is 9.82 Å². The van der Waals surface area contributed by atoms with Crippen molar-refractivity contribution in [2.75, 3.05) is 0 Å². The van der Waals surface area contributed by atoms with Crippen LogP contribution in [0.4, 0.5) is 4.39 Å². The van der Waals surface area contributed by atoms with Gasteiger partial charge in [-0.3, -0.25) is 5.84 Å². The van der Waals surface area contributed by atoms with Gasteiger partial charge in [0.05, 0.1) is 11.1 Å². The van der Waals surface area contributed by atoms with E-state index in [1.165, 1.54) is 11.6 Å². The van der Waals surface area contributed by atoms with Crippen molar-refractivity contribution in [1.82, 2.24) is 5.43 Å². The number of aryl methyl sites for hydroxylation is 1. The molecule has 0 fully saturated rings. The van der Waals surface area contributed by atoms with Crippen molar-refractivity contribution >= 4 is 11.6 Å². The topological polar surface area (TPSA) is 38.0 Å². The van der Waals surface area contributed by atoms with E-state index in [-0.39, 0.29) is 11.1 Å². The van der Waals surface area contributed by atoms with Crippen molar-refractivity contribution in [3.63, 3.8) is 0 Å². The van der Waals surface area contributed by atoms with Gasteiger partial charge < -0.3 is 0 Å². The van der Waals surface area contributed by atoms with Crippen LogP contribution < -0.4 is 11.3 Å². The van der Waals surface area contributed by atoms with Gasteiger partial charge in [-0.15, -0.1) is 0 Å². The van der Waals surface area contributed by atoms with Crippen molar-refractivity contribution in [3.8, 4) is 0 Å². The fourth-order valence-corrected chi connectivity index (χ4v) is 2.41. The maximum Gasteiger partial charge on any atom is 0.142 e. The minimum Gasteiger partial charge on any atom is -0.271 e. The van der Waals surface area contributed by atoms with Gasteiger partial charge in [0.2, 0.25) is 0 Å². The molecule has 1 unspecified atom stereocenters. The van der Waals surface area contributed by atoms with Gasteiger partial charge in [-0.05, 0) is 35.2 Å². The van der Waals surface area contributed by atoms with Crippen LogP contribution in [0.3, 0.4) is 0 Å². The van der Waals surface area contributed by atoms with E-state index < -0.39 is 5.82 Å². The lowest BCUT2D eigenvalue weighted by molar-refractivity contribution is 0.605. The lowest BCUT2D eigenvalue weighted by atomic mass is 9.96. The third-order valence-electron chi connectivity index (χ3n) is 3.27. The maximum absolute atomic E-state index is 13.6. The molecule has 20 heavy (non-hydrogen) atoms. The van der Waals surface area contributed by atoms with E-state index in [0.717, 1.165) is 24.0 Å². The Labute approximate surface area is 123 Å². The monoisotopic (exact) mass is 292 g/mol. The number of nitrogens with two attached hydrogens (primary N) is 1. The second-order valence-electron chi connectivity index (χ2n) is 4.77. The third kappa shape index (κ3) is 3.37. The predicted molar refractivity (Wildman–Crippen MR) is 81.0 cm³/mol. The number of nitrogens with one attached hydrogen (secondary N) is 1. The number of benzene rings is 2. The first-order valence-electron chi connectivity index (χ1n) is 6.65. The van der Waals surface area contributed by atoms with E-state index in [4.69, 9.17) is 17.4 Å². The highest BCUT2D eigenvalue weighted by atomic mass is 35.5. The molecule has 2 aromatic rings. The molecule has 2 rings (SSSR count). The zero-order valence-electron chi connectivity index (χ0n) is 11.4. The maximum atomic E-state index is 13.6. The zero-order valence-corrected chi connectivity index (χ0v) is 12.1. The summed E-state index contributed by atoms with van der Waals surface area (Å²) in [6.07, 6.45) is 2.10. The van der Waals surface area contributed by atoms with E-state index in [9.17, 15) is 4.39 Å². The smallest absolute Gasteiger partial charge is 0.142 e. The Kier molecular flexibility index (Phi) is 5.12. The van der Waals surface area contributed by atoms with Gasteiger partial charge in [0, 0.05) is 0 Å². The number of halogens is 2. The molecule has 0 amide bonds. The molecule has 2 aromatic carbocycles. The average Bonchev–Trinajstić information content (AvgIpc) is 2.44. The molecule has 0 spiro atoms. The molecule has 0 bridgehead atoms. The molecule has 1 atom stereocenters. The van der Waals surface area contributed by atoms with Crippen LogP contribution in [0.15, 0.2) is 42.5 Å². The Balaban J connectivity index is 2.36. The second-order valence-corrected chi connectivity index (χ2v) is 5.18. The highest BCUT2D eigenvalue weighted by Crippen LogP contribution is 2.25. The van der Waals surface area contributed by atoms with Crippen LogP contribution in [-0.4, -0.2) is 0 Å². The van der Waals surface area contributed by atoms with Crippen LogP contribution >= 0.6 is 11.6 Å².